The number of Topliss-reactive ketones (excluding diaryl/α,β-unsaturated/α-hetero) is 1. The molecule has 1 aliphatic carbocycles. The van der Waals surface area contributed by atoms with Gasteiger partial charge in [-0.15, -0.1) is 28.0 Å². The first-order valence-electron chi connectivity index (χ1n) is 11.3. The molecule has 8 nitrogen and oxygen atoms in total. The molecule has 4 heterocycles. The molecular weight excluding hydrogens is 464 g/mol. The van der Waals surface area contributed by atoms with Crippen molar-refractivity contribution >= 4 is 40.5 Å². The lowest BCUT2D eigenvalue weighted by molar-refractivity contribution is -0.139. The van der Waals surface area contributed by atoms with Gasteiger partial charge in [-0.1, -0.05) is 19.3 Å². The third-order valence-electron chi connectivity index (χ3n) is 6.73. The summed E-state index contributed by atoms with van der Waals surface area (Å²) in [5, 5.41) is 10.6. The number of halogens is 1. The van der Waals surface area contributed by atoms with Gasteiger partial charge in [0.25, 0.3) is 5.91 Å². The van der Waals surface area contributed by atoms with Crippen LogP contribution in [0.4, 0.5) is 0 Å². The number of carbonyl (C=O) groups is 3. The Bertz CT molecular complexity index is 1040. The van der Waals surface area contributed by atoms with Crippen LogP contribution < -0.4 is 5.32 Å². The average molecular weight is 489 g/mol. The molecule has 4 atom stereocenters. The summed E-state index contributed by atoms with van der Waals surface area (Å²) < 4.78 is 5.53. The lowest BCUT2D eigenvalue weighted by atomic mass is 9.83. The number of nitrogens with zero attached hydrogens (tertiary/aromatic N) is 3. The Morgan fingerprint density at radius 1 is 1.21 bits per heavy atom. The Hall–Kier alpha value is -2.36. The van der Waals surface area contributed by atoms with E-state index in [-0.39, 0.29) is 36.7 Å². The molecule has 10 heteroatoms. The molecule has 3 fully saturated rings. The number of hydrogen-bond acceptors (Lipinski definition) is 7. The number of nitrogens with one attached hydrogen (secondary N) is 1. The number of amides is 2. The van der Waals surface area contributed by atoms with Gasteiger partial charge in [0.1, 0.15) is 30.5 Å². The zero-order valence-electron chi connectivity index (χ0n) is 18.0. The number of alkyl halides is 1. The van der Waals surface area contributed by atoms with Crippen molar-refractivity contribution in [2.75, 3.05) is 13.2 Å². The quantitative estimate of drug-likeness (QED) is 0.649. The number of aromatic nitrogens is 2. The fraction of sp³-hybridized carbons (Fsp3) is 0.522. The van der Waals surface area contributed by atoms with E-state index >= 15 is 0 Å². The number of carbonyl (C=O) groups excluding carboxylic acids is 3. The van der Waals surface area contributed by atoms with Crippen LogP contribution in [-0.4, -0.2) is 69.4 Å². The van der Waals surface area contributed by atoms with Crippen molar-refractivity contribution in [1.29, 1.82) is 0 Å². The second kappa shape index (κ2) is 9.48. The first kappa shape index (κ1) is 22.4. The maximum absolute atomic E-state index is 13.7. The molecule has 5 rings (SSSR count). The normalized spacial score (nSPS) is 26.3. The van der Waals surface area contributed by atoms with Crippen LogP contribution in [0.2, 0.25) is 0 Å². The molecule has 174 valence electrons. The maximum atomic E-state index is 13.7. The van der Waals surface area contributed by atoms with Crippen molar-refractivity contribution < 1.29 is 19.1 Å². The zero-order valence-corrected chi connectivity index (χ0v) is 19.6. The molecule has 0 spiro atoms. The van der Waals surface area contributed by atoms with Crippen LogP contribution in [-0.2, 0) is 14.3 Å². The van der Waals surface area contributed by atoms with Crippen LogP contribution in [0, 0.1) is 5.92 Å². The lowest BCUT2D eigenvalue weighted by Gasteiger charge is -2.34. The fourth-order valence-corrected chi connectivity index (χ4v) is 6.33. The van der Waals surface area contributed by atoms with Gasteiger partial charge in [-0.3, -0.25) is 14.4 Å². The third kappa shape index (κ3) is 4.41. The zero-order chi connectivity index (χ0) is 22.9. The van der Waals surface area contributed by atoms with Crippen molar-refractivity contribution in [2.45, 2.75) is 55.7 Å². The van der Waals surface area contributed by atoms with Crippen LogP contribution in [0.25, 0.3) is 10.6 Å². The van der Waals surface area contributed by atoms with Crippen molar-refractivity contribution in [3.05, 3.63) is 35.3 Å². The van der Waals surface area contributed by atoms with E-state index in [4.69, 9.17) is 16.3 Å². The molecule has 2 aliphatic heterocycles. The molecule has 0 radical (unpaired) electrons. The number of hydrogen-bond donors (Lipinski definition) is 1. The summed E-state index contributed by atoms with van der Waals surface area (Å²) in [7, 11) is 0. The van der Waals surface area contributed by atoms with Crippen molar-refractivity contribution in [3.63, 3.8) is 0 Å². The van der Waals surface area contributed by atoms with Gasteiger partial charge in [0.15, 0.2) is 5.78 Å². The van der Waals surface area contributed by atoms with Crippen molar-refractivity contribution in [1.82, 2.24) is 20.4 Å². The summed E-state index contributed by atoms with van der Waals surface area (Å²) in [6.07, 6.45) is 6.02. The van der Waals surface area contributed by atoms with Gasteiger partial charge in [-0.2, -0.15) is 5.10 Å². The summed E-state index contributed by atoms with van der Waals surface area (Å²) in [6.45, 7) is 0.222. The molecule has 2 aromatic heterocycles. The highest BCUT2D eigenvalue weighted by Crippen LogP contribution is 2.34. The predicted molar refractivity (Wildman–Crippen MR) is 123 cm³/mol. The minimum atomic E-state index is -0.698. The molecule has 2 saturated heterocycles. The monoisotopic (exact) mass is 488 g/mol. The van der Waals surface area contributed by atoms with E-state index in [0.29, 0.717) is 10.6 Å². The molecular formula is C23H25ClN4O4S. The van der Waals surface area contributed by atoms with Gasteiger partial charge in [-0.05, 0) is 43.0 Å². The number of thiophene rings is 1. The fourth-order valence-electron chi connectivity index (χ4n) is 5.09. The minimum absolute atomic E-state index is 0.0247. The summed E-state index contributed by atoms with van der Waals surface area (Å²) >= 11 is 7.71. The van der Waals surface area contributed by atoms with Gasteiger partial charge in [0, 0.05) is 12.7 Å². The molecule has 1 saturated carbocycles. The number of likely N-dealkylation sites (tertiary alicyclic amines) is 1. The molecule has 0 aromatic carbocycles. The van der Waals surface area contributed by atoms with Crippen LogP contribution >= 0.6 is 22.9 Å². The number of ketones is 1. The highest BCUT2D eigenvalue weighted by atomic mass is 35.5. The number of fused-ring (bicyclic) bond motifs is 1. The van der Waals surface area contributed by atoms with E-state index in [1.54, 1.807) is 18.3 Å². The van der Waals surface area contributed by atoms with E-state index in [1.165, 1.54) is 16.2 Å². The molecule has 33 heavy (non-hydrogen) atoms. The molecule has 2 amide bonds. The first-order chi connectivity index (χ1) is 16.0. The summed E-state index contributed by atoms with van der Waals surface area (Å²) in [4.78, 5) is 42.2. The van der Waals surface area contributed by atoms with E-state index < -0.39 is 23.6 Å². The SMILES string of the molecule is O=C(N[C@H](C(=O)N1C[C@H](Cl)[C@H]2OCC(=O)[C@H]21)C1CCCCC1)c1ccc(-c2cccnn2)s1. The van der Waals surface area contributed by atoms with Gasteiger partial charge in [0.05, 0.1) is 15.1 Å². The van der Waals surface area contributed by atoms with Crippen LogP contribution in [0.1, 0.15) is 41.8 Å². The maximum Gasteiger partial charge on any atom is 0.262 e. The minimum Gasteiger partial charge on any atom is -0.366 e. The first-order valence-corrected chi connectivity index (χ1v) is 12.6. The van der Waals surface area contributed by atoms with Gasteiger partial charge in [0.2, 0.25) is 5.91 Å². The van der Waals surface area contributed by atoms with Gasteiger partial charge >= 0.3 is 0 Å². The topological polar surface area (TPSA) is 101 Å². The second-order valence-electron chi connectivity index (χ2n) is 8.82. The molecule has 0 bridgehead atoms. The average Bonchev–Trinajstić information content (AvgIpc) is 3.56. The Labute approximate surface area is 200 Å². The van der Waals surface area contributed by atoms with Crippen molar-refractivity contribution in [2.24, 2.45) is 5.92 Å². The Balaban J connectivity index is 1.37. The van der Waals surface area contributed by atoms with Crippen LogP contribution in [0.5, 0.6) is 0 Å². The predicted octanol–water partition coefficient (Wildman–Crippen LogP) is 2.67. The molecule has 2 aromatic rings. The standard InChI is InChI=1S/C23H25ClN4O4S/c24-14-11-28(20-16(29)12-32-21(14)20)23(31)19(13-5-2-1-3-6-13)26-22(30)18-9-8-17(33-18)15-7-4-10-25-27-15/h4,7-10,13-14,19-21H,1-3,5-6,11-12H2,(H,26,30)/t14-,19-,20+,21+/m0/s1. The highest BCUT2D eigenvalue weighted by molar-refractivity contribution is 7.17. The lowest BCUT2D eigenvalue weighted by Crippen LogP contribution is -2.55. The summed E-state index contributed by atoms with van der Waals surface area (Å²) in [6, 6.07) is 5.84. The van der Waals surface area contributed by atoms with Gasteiger partial charge in [-0.25, -0.2) is 0 Å². The Kier molecular flexibility index (Phi) is 6.44. The summed E-state index contributed by atoms with van der Waals surface area (Å²) in [5.41, 5.74) is 0.692. The number of rotatable bonds is 5. The van der Waals surface area contributed by atoms with Crippen LogP contribution in [0.3, 0.4) is 0 Å². The summed E-state index contributed by atoms with van der Waals surface area (Å²) in [5.74, 6) is -0.638. The molecule has 1 N–H and O–H groups in total. The van der Waals surface area contributed by atoms with Crippen LogP contribution in [0.15, 0.2) is 30.5 Å². The second-order valence-corrected chi connectivity index (χ2v) is 10.5. The van der Waals surface area contributed by atoms with E-state index in [1.807, 2.05) is 12.1 Å². The van der Waals surface area contributed by atoms with E-state index in [9.17, 15) is 14.4 Å². The van der Waals surface area contributed by atoms with E-state index in [2.05, 4.69) is 15.5 Å². The Morgan fingerprint density at radius 3 is 2.79 bits per heavy atom. The molecule has 0 unspecified atom stereocenters. The Morgan fingerprint density at radius 2 is 2.03 bits per heavy atom. The van der Waals surface area contributed by atoms with Gasteiger partial charge < -0.3 is 15.0 Å². The third-order valence-corrected chi connectivity index (χ3v) is 8.23. The molecule has 3 aliphatic rings. The van der Waals surface area contributed by atoms with Crippen molar-refractivity contribution in [3.8, 4) is 10.6 Å². The number of ether oxygens (including phenoxy) is 1. The largest absolute Gasteiger partial charge is 0.366 e. The highest BCUT2D eigenvalue weighted by Gasteiger charge is 2.53. The smallest absolute Gasteiger partial charge is 0.262 e. The van der Waals surface area contributed by atoms with E-state index in [0.717, 1.165) is 37.0 Å².